The summed E-state index contributed by atoms with van der Waals surface area (Å²) in [5.74, 6) is 1.39. The molecule has 1 aliphatic rings. The molecule has 1 aliphatic heterocycles. The van der Waals surface area contributed by atoms with Gasteiger partial charge >= 0.3 is 0 Å². The normalized spacial score (nSPS) is 16.5. The maximum atomic E-state index is 6.13. The summed E-state index contributed by atoms with van der Waals surface area (Å²) >= 11 is 0. The number of pyridine rings is 1. The number of piperidine rings is 1. The van der Waals surface area contributed by atoms with E-state index in [1.165, 1.54) is 24.8 Å². The van der Waals surface area contributed by atoms with E-state index in [0.717, 1.165) is 37.5 Å². The fourth-order valence-electron chi connectivity index (χ4n) is 3.69. The van der Waals surface area contributed by atoms with E-state index in [9.17, 15) is 0 Å². The molecule has 0 aliphatic carbocycles. The average molecular weight is 382 g/mol. The molecule has 6 heteroatoms. The van der Waals surface area contributed by atoms with Crippen molar-refractivity contribution in [2.75, 3.05) is 33.3 Å². The Kier molecular flexibility index (Phi) is 7.67. The summed E-state index contributed by atoms with van der Waals surface area (Å²) in [5, 5.41) is 3.21. The monoisotopic (exact) mass is 381 g/mol. The van der Waals surface area contributed by atoms with Crippen LogP contribution in [0, 0.1) is 0 Å². The lowest BCUT2D eigenvalue weighted by atomic mass is 10.0. The third-order valence-electron chi connectivity index (χ3n) is 5.18. The van der Waals surface area contributed by atoms with Crippen LogP contribution in [-0.2, 0) is 6.42 Å². The van der Waals surface area contributed by atoms with Crippen LogP contribution in [0.5, 0.6) is 5.75 Å². The lowest BCUT2D eigenvalue weighted by molar-refractivity contribution is 0.165. The van der Waals surface area contributed by atoms with E-state index >= 15 is 0 Å². The van der Waals surface area contributed by atoms with Crippen LogP contribution < -0.4 is 15.8 Å². The number of guanidine groups is 1. The van der Waals surface area contributed by atoms with Crippen molar-refractivity contribution in [2.45, 2.75) is 31.7 Å². The fourth-order valence-corrected chi connectivity index (χ4v) is 3.69. The summed E-state index contributed by atoms with van der Waals surface area (Å²) in [6, 6.07) is 14.3. The molecule has 3 N–H and O–H groups in total. The number of para-hydroxylation sites is 1. The van der Waals surface area contributed by atoms with Gasteiger partial charge in [-0.1, -0.05) is 30.7 Å². The Labute approximate surface area is 167 Å². The standard InChI is InChI=1S/C22H31N5O/c1-28-21-11-4-3-10-19(21)20(27-15-7-2-8-16-27)17-26-22(23)25-14-12-18-9-5-6-13-24-18/h3-6,9-11,13,20H,2,7-8,12,14-17H2,1H3,(H3,23,25,26). The molecule has 150 valence electrons. The molecule has 0 spiro atoms. The van der Waals surface area contributed by atoms with Crippen molar-refractivity contribution in [3.63, 3.8) is 0 Å². The summed E-state index contributed by atoms with van der Waals surface area (Å²) in [4.78, 5) is 11.5. The minimum Gasteiger partial charge on any atom is -0.496 e. The highest BCUT2D eigenvalue weighted by molar-refractivity contribution is 5.77. The molecular formula is C22H31N5O. The van der Waals surface area contributed by atoms with E-state index in [1.54, 1.807) is 7.11 Å². The molecule has 2 heterocycles. The summed E-state index contributed by atoms with van der Waals surface area (Å²) in [6.07, 6.45) is 6.39. The van der Waals surface area contributed by atoms with Crippen molar-refractivity contribution in [3.05, 3.63) is 59.9 Å². The van der Waals surface area contributed by atoms with E-state index in [4.69, 9.17) is 10.5 Å². The van der Waals surface area contributed by atoms with Gasteiger partial charge < -0.3 is 15.8 Å². The Morgan fingerprint density at radius 3 is 2.71 bits per heavy atom. The van der Waals surface area contributed by atoms with Gasteiger partial charge in [-0.05, 0) is 44.1 Å². The first kappa shape index (κ1) is 20.1. The van der Waals surface area contributed by atoms with Gasteiger partial charge in [-0.3, -0.25) is 14.9 Å². The molecule has 0 radical (unpaired) electrons. The number of aliphatic imine (C=N–C) groups is 1. The molecule has 0 amide bonds. The van der Waals surface area contributed by atoms with Gasteiger partial charge in [0.05, 0.1) is 19.7 Å². The molecule has 1 fully saturated rings. The van der Waals surface area contributed by atoms with Crippen molar-refractivity contribution >= 4 is 5.96 Å². The number of nitrogens with one attached hydrogen (secondary N) is 1. The van der Waals surface area contributed by atoms with Crippen molar-refractivity contribution < 1.29 is 4.74 Å². The van der Waals surface area contributed by atoms with Crippen LogP contribution in [0.25, 0.3) is 0 Å². The Bertz CT molecular complexity index is 744. The SMILES string of the molecule is COc1ccccc1C(CN=C(N)NCCc1ccccn1)N1CCCCC1. The van der Waals surface area contributed by atoms with Crippen molar-refractivity contribution in [1.82, 2.24) is 15.2 Å². The van der Waals surface area contributed by atoms with E-state index in [0.29, 0.717) is 12.5 Å². The minimum absolute atomic E-state index is 0.174. The average Bonchev–Trinajstić information content (AvgIpc) is 2.76. The molecule has 3 rings (SSSR count). The summed E-state index contributed by atoms with van der Waals surface area (Å²) in [7, 11) is 1.73. The van der Waals surface area contributed by atoms with Crippen LogP contribution in [0.3, 0.4) is 0 Å². The zero-order chi connectivity index (χ0) is 19.6. The highest BCUT2D eigenvalue weighted by Crippen LogP contribution is 2.31. The van der Waals surface area contributed by atoms with Gasteiger partial charge in [0, 0.05) is 30.4 Å². The van der Waals surface area contributed by atoms with Crippen LogP contribution >= 0.6 is 0 Å². The summed E-state index contributed by atoms with van der Waals surface area (Å²) in [6.45, 7) is 3.51. The number of rotatable bonds is 8. The smallest absolute Gasteiger partial charge is 0.188 e. The zero-order valence-corrected chi connectivity index (χ0v) is 16.7. The van der Waals surface area contributed by atoms with Crippen molar-refractivity contribution in [2.24, 2.45) is 10.7 Å². The van der Waals surface area contributed by atoms with Gasteiger partial charge in [0.15, 0.2) is 5.96 Å². The zero-order valence-electron chi connectivity index (χ0n) is 16.7. The van der Waals surface area contributed by atoms with E-state index < -0.39 is 0 Å². The third-order valence-corrected chi connectivity index (χ3v) is 5.18. The van der Waals surface area contributed by atoms with Crippen LogP contribution in [0.1, 0.15) is 36.6 Å². The summed E-state index contributed by atoms with van der Waals surface area (Å²) < 4.78 is 5.61. The molecule has 28 heavy (non-hydrogen) atoms. The van der Waals surface area contributed by atoms with Crippen LogP contribution in [0.4, 0.5) is 0 Å². The van der Waals surface area contributed by atoms with Crippen LogP contribution in [0.15, 0.2) is 53.7 Å². The first-order valence-corrected chi connectivity index (χ1v) is 10.1. The molecule has 1 saturated heterocycles. The highest BCUT2D eigenvalue weighted by atomic mass is 16.5. The molecule has 6 nitrogen and oxygen atoms in total. The number of aromatic nitrogens is 1. The quantitative estimate of drug-likeness (QED) is 0.543. The van der Waals surface area contributed by atoms with Gasteiger partial charge in [-0.2, -0.15) is 0 Å². The largest absolute Gasteiger partial charge is 0.496 e. The number of benzene rings is 1. The Morgan fingerprint density at radius 1 is 1.18 bits per heavy atom. The molecule has 1 atom stereocenters. The van der Waals surface area contributed by atoms with Gasteiger partial charge in [0.1, 0.15) is 5.75 Å². The number of hydrogen-bond acceptors (Lipinski definition) is 4. The molecule has 1 unspecified atom stereocenters. The van der Waals surface area contributed by atoms with Gasteiger partial charge in [-0.25, -0.2) is 0 Å². The van der Waals surface area contributed by atoms with Crippen LogP contribution in [-0.4, -0.2) is 49.1 Å². The van der Waals surface area contributed by atoms with E-state index in [-0.39, 0.29) is 6.04 Å². The van der Waals surface area contributed by atoms with Gasteiger partial charge in [-0.15, -0.1) is 0 Å². The highest BCUT2D eigenvalue weighted by Gasteiger charge is 2.24. The van der Waals surface area contributed by atoms with Gasteiger partial charge in [0.2, 0.25) is 0 Å². The Hall–Kier alpha value is -2.60. The van der Waals surface area contributed by atoms with Crippen LogP contribution in [0.2, 0.25) is 0 Å². The Morgan fingerprint density at radius 2 is 1.96 bits per heavy atom. The summed E-state index contributed by atoms with van der Waals surface area (Å²) in [5.41, 5.74) is 8.36. The third kappa shape index (κ3) is 5.70. The first-order valence-electron chi connectivity index (χ1n) is 10.1. The van der Waals surface area contributed by atoms with Gasteiger partial charge in [0.25, 0.3) is 0 Å². The van der Waals surface area contributed by atoms with Crippen molar-refractivity contribution in [1.29, 1.82) is 0 Å². The maximum Gasteiger partial charge on any atom is 0.188 e. The fraction of sp³-hybridized carbons (Fsp3) is 0.455. The lowest BCUT2D eigenvalue weighted by Gasteiger charge is -2.34. The topological polar surface area (TPSA) is 75.8 Å². The predicted octanol–water partition coefficient (Wildman–Crippen LogP) is 2.76. The minimum atomic E-state index is 0.174. The molecule has 0 saturated carbocycles. The first-order chi connectivity index (χ1) is 13.8. The number of nitrogens with two attached hydrogens (primary N) is 1. The predicted molar refractivity (Wildman–Crippen MR) is 114 cm³/mol. The number of likely N-dealkylation sites (tertiary alicyclic amines) is 1. The molecule has 2 aromatic rings. The Balaban J connectivity index is 1.64. The van der Waals surface area contributed by atoms with E-state index in [1.807, 2.05) is 36.5 Å². The second-order valence-corrected chi connectivity index (χ2v) is 7.08. The molecule has 1 aromatic carbocycles. The second kappa shape index (κ2) is 10.7. The maximum absolute atomic E-state index is 6.13. The second-order valence-electron chi connectivity index (χ2n) is 7.08. The number of hydrogen-bond donors (Lipinski definition) is 2. The number of nitrogens with zero attached hydrogens (tertiary/aromatic N) is 3. The number of methoxy groups -OCH3 is 1. The van der Waals surface area contributed by atoms with E-state index in [2.05, 4.69) is 32.3 Å². The number of ether oxygens (including phenoxy) is 1. The molecular weight excluding hydrogens is 350 g/mol. The lowest BCUT2D eigenvalue weighted by Crippen LogP contribution is -2.37. The molecule has 1 aromatic heterocycles. The molecule has 0 bridgehead atoms. The van der Waals surface area contributed by atoms with Crippen molar-refractivity contribution in [3.8, 4) is 5.75 Å².